The van der Waals surface area contributed by atoms with E-state index in [1.54, 1.807) is 30.3 Å². The number of carbonyl (C=O) groups is 3. The molecule has 1 aliphatic heterocycles. The Hall–Kier alpha value is -3.06. The molecule has 1 heterocycles. The lowest BCUT2D eigenvalue weighted by Gasteiger charge is -2.13. The Bertz CT molecular complexity index is 920. The SMILES string of the molecule is CCOc1ccc(/C=C2/SC(=O)N(Cc3cccc(C(=O)[O-])c3)C2=O)cc1. The first-order valence-electron chi connectivity index (χ1n) is 8.26. The van der Waals surface area contributed by atoms with E-state index in [0.29, 0.717) is 17.1 Å². The smallest absolute Gasteiger partial charge is 0.293 e. The van der Waals surface area contributed by atoms with Crippen LogP contribution < -0.4 is 9.84 Å². The van der Waals surface area contributed by atoms with Crippen molar-refractivity contribution in [1.29, 1.82) is 0 Å². The minimum atomic E-state index is -1.30. The van der Waals surface area contributed by atoms with Crippen LogP contribution in [0.5, 0.6) is 5.75 Å². The highest BCUT2D eigenvalue weighted by Gasteiger charge is 2.34. The summed E-state index contributed by atoms with van der Waals surface area (Å²) in [7, 11) is 0. The molecular weight excluding hydrogens is 366 g/mol. The van der Waals surface area contributed by atoms with Crippen LogP contribution in [-0.4, -0.2) is 28.6 Å². The van der Waals surface area contributed by atoms with Gasteiger partial charge in [-0.05, 0) is 59.7 Å². The molecule has 2 aromatic carbocycles. The van der Waals surface area contributed by atoms with Gasteiger partial charge in [-0.2, -0.15) is 0 Å². The number of aromatic carboxylic acids is 1. The van der Waals surface area contributed by atoms with Crippen LogP contribution in [0, 0.1) is 0 Å². The predicted octanol–water partition coefficient (Wildman–Crippen LogP) is 2.69. The van der Waals surface area contributed by atoms with E-state index in [9.17, 15) is 19.5 Å². The average Bonchev–Trinajstić information content (AvgIpc) is 2.91. The van der Waals surface area contributed by atoms with Gasteiger partial charge >= 0.3 is 0 Å². The first-order valence-corrected chi connectivity index (χ1v) is 9.08. The normalized spacial score (nSPS) is 15.4. The fourth-order valence-corrected chi connectivity index (χ4v) is 3.43. The van der Waals surface area contributed by atoms with Gasteiger partial charge in [0.25, 0.3) is 11.1 Å². The Balaban J connectivity index is 1.76. The standard InChI is InChI=1S/C20H17NO5S/c1-2-26-16-8-6-13(7-9-16)11-17-18(22)21(20(25)27-17)12-14-4-3-5-15(10-14)19(23)24/h3-11H,2,12H2,1H3,(H,23,24)/p-1/b17-11+. The van der Waals surface area contributed by atoms with Crippen molar-refractivity contribution in [3.05, 3.63) is 70.1 Å². The Morgan fingerprint density at radius 1 is 1.19 bits per heavy atom. The summed E-state index contributed by atoms with van der Waals surface area (Å²) in [6.45, 7) is 2.47. The summed E-state index contributed by atoms with van der Waals surface area (Å²) in [6.07, 6.45) is 1.65. The van der Waals surface area contributed by atoms with E-state index >= 15 is 0 Å². The van der Waals surface area contributed by atoms with Gasteiger partial charge in [-0.15, -0.1) is 0 Å². The van der Waals surface area contributed by atoms with Gasteiger partial charge in [-0.3, -0.25) is 14.5 Å². The van der Waals surface area contributed by atoms with Gasteiger partial charge in [0.05, 0.1) is 24.0 Å². The number of thioether (sulfide) groups is 1. The number of amides is 2. The van der Waals surface area contributed by atoms with Crippen molar-refractivity contribution in [3.8, 4) is 5.75 Å². The fraction of sp³-hybridized carbons (Fsp3) is 0.150. The molecule has 0 saturated carbocycles. The summed E-state index contributed by atoms with van der Waals surface area (Å²) in [5.41, 5.74) is 1.33. The van der Waals surface area contributed by atoms with Crippen molar-refractivity contribution in [2.45, 2.75) is 13.5 Å². The molecule has 1 saturated heterocycles. The highest BCUT2D eigenvalue weighted by molar-refractivity contribution is 8.18. The quantitative estimate of drug-likeness (QED) is 0.714. The number of nitrogens with zero attached hydrogens (tertiary/aromatic N) is 1. The molecule has 27 heavy (non-hydrogen) atoms. The molecule has 0 spiro atoms. The zero-order chi connectivity index (χ0) is 19.4. The minimum Gasteiger partial charge on any atom is -0.545 e. The average molecular weight is 382 g/mol. The Morgan fingerprint density at radius 2 is 1.93 bits per heavy atom. The van der Waals surface area contributed by atoms with E-state index < -0.39 is 17.1 Å². The molecule has 138 valence electrons. The maximum absolute atomic E-state index is 12.6. The Morgan fingerprint density at radius 3 is 2.59 bits per heavy atom. The number of carboxylic acids is 1. The number of rotatable bonds is 6. The highest BCUT2D eigenvalue weighted by atomic mass is 32.2. The van der Waals surface area contributed by atoms with Crippen LogP contribution in [0.2, 0.25) is 0 Å². The lowest BCUT2D eigenvalue weighted by atomic mass is 10.1. The van der Waals surface area contributed by atoms with Crippen molar-refractivity contribution < 1.29 is 24.2 Å². The third kappa shape index (κ3) is 4.38. The third-order valence-corrected chi connectivity index (χ3v) is 4.77. The molecule has 7 heteroatoms. The van der Waals surface area contributed by atoms with Gasteiger partial charge < -0.3 is 14.6 Å². The molecule has 1 fully saturated rings. The summed E-state index contributed by atoms with van der Waals surface area (Å²) in [5, 5.41) is 10.6. The summed E-state index contributed by atoms with van der Waals surface area (Å²) < 4.78 is 5.38. The van der Waals surface area contributed by atoms with Crippen LogP contribution in [0.4, 0.5) is 4.79 Å². The third-order valence-electron chi connectivity index (χ3n) is 3.87. The molecular formula is C20H16NO5S-. The van der Waals surface area contributed by atoms with Crippen LogP contribution in [0.1, 0.15) is 28.4 Å². The van der Waals surface area contributed by atoms with E-state index in [1.807, 2.05) is 19.1 Å². The molecule has 0 N–H and O–H groups in total. The fourth-order valence-electron chi connectivity index (χ4n) is 2.59. The zero-order valence-electron chi connectivity index (χ0n) is 14.5. The molecule has 2 amide bonds. The van der Waals surface area contributed by atoms with E-state index in [-0.39, 0.29) is 12.1 Å². The maximum Gasteiger partial charge on any atom is 0.293 e. The topological polar surface area (TPSA) is 86.7 Å². The van der Waals surface area contributed by atoms with Gasteiger partial charge in [-0.25, -0.2) is 0 Å². The van der Waals surface area contributed by atoms with E-state index in [0.717, 1.165) is 28.0 Å². The zero-order valence-corrected chi connectivity index (χ0v) is 15.3. The molecule has 3 rings (SSSR count). The number of hydrogen-bond donors (Lipinski definition) is 0. The van der Waals surface area contributed by atoms with Crippen molar-refractivity contribution in [2.75, 3.05) is 6.61 Å². The molecule has 0 aromatic heterocycles. The van der Waals surface area contributed by atoms with Gasteiger partial charge in [0, 0.05) is 0 Å². The Labute approximate surface area is 160 Å². The molecule has 1 aliphatic rings. The van der Waals surface area contributed by atoms with Crippen molar-refractivity contribution in [2.24, 2.45) is 0 Å². The number of carboxylic acid groups (broad SMARTS) is 1. The number of imide groups is 1. The molecule has 2 aromatic rings. The molecule has 0 radical (unpaired) electrons. The summed E-state index contributed by atoms with van der Waals surface area (Å²) in [6, 6.07) is 13.2. The number of benzene rings is 2. The van der Waals surface area contributed by atoms with Gasteiger partial charge in [0.15, 0.2) is 0 Å². The lowest BCUT2D eigenvalue weighted by molar-refractivity contribution is -0.255. The summed E-state index contributed by atoms with van der Waals surface area (Å²) >= 11 is 0.859. The Kier molecular flexibility index (Phi) is 5.61. The predicted molar refractivity (Wildman–Crippen MR) is 99.9 cm³/mol. The number of carbonyl (C=O) groups excluding carboxylic acids is 3. The second-order valence-electron chi connectivity index (χ2n) is 5.76. The monoisotopic (exact) mass is 382 g/mol. The van der Waals surface area contributed by atoms with Crippen LogP contribution in [0.15, 0.2) is 53.4 Å². The lowest BCUT2D eigenvalue weighted by Crippen LogP contribution is -2.28. The first-order chi connectivity index (χ1) is 13.0. The first kappa shape index (κ1) is 18.7. The second-order valence-corrected chi connectivity index (χ2v) is 6.75. The van der Waals surface area contributed by atoms with E-state index in [2.05, 4.69) is 0 Å². The van der Waals surface area contributed by atoms with Crippen LogP contribution in [-0.2, 0) is 11.3 Å². The van der Waals surface area contributed by atoms with Gasteiger partial charge in [-0.1, -0.05) is 30.3 Å². The minimum absolute atomic E-state index is 0.00408. The van der Waals surface area contributed by atoms with Gasteiger partial charge in [0.1, 0.15) is 5.75 Å². The summed E-state index contributed by atoms with van der Waals surface area (Å²) in [4.78, 5) is 37.2. The van der Waals surface area contributed by atoms with Crippen molar-refractivity contribution in [3.63, 3.8) is 0 Å². The van der Waals surface area contributed by atoms with Crippen LogP contribution >= 0.6 is 11.8 Å². The van der Waals surface area contributed by atoms with E-state index in [4.69, 9.17) is 4.74 Å². The highest BCUT2D eigenvalue weighted by Crippen LogP contribution is 2.33. The number of ether oxygens (including phenoxy) is 1. The van der Waals surface area contributed by atoms with Crippen LogP contribution in [0.25, 0.3) is 6.08 Å². The molecule has 0 atom stereocenters. The van der Waals surface area contributed by atoms with Crippen LogP contribution in [0.3, 0.4) is 0 Å². The van der Waals surface area contributed by atoms with Gasteiger partial charge in [0.2, 0.25) is 0 Å². The number of hydrogen-bond acceptors (Lipinski definition) is 6. The maximum atomic E-state index is 12.6. The van der Waals surface area contributed by atoms with Crippen molar-refractivity contribution >= 4 is 35.0 Å². The second kappa shape index (κ2) is 8.09. The van der Waals surface area contributed by atoms with E-state index in [1.165, 1.54) is 12.1 Å². The molecule has 6 nitrogen and oxygen atoms in total. The molecule has 0 aliphatic carbocycles. The summed E-state index contributed by atoms with van der Waals surface area (Å²) in [5.74, 6) is -0.977. The molecule has 0 unspecified atom stereocenters. The largest absolute Gasteiger partial charge is 0.545 e. The molecule has 0 bridgehead atoms. The van der Waals surface area contributed by atoms with Crippen molar-refractivity contribution in [1.82, 2.24) is 4.90 Å².